The standard InChI is InChI=1S/C14H16BrN3O2/c1-4-20-14(19)7-12-9(2)17-18(10(12)3)13-6-5-11(15)8-16-13/h5-6,8H,4,7H2,1-3H3. The van der Waals surface area contributed by atoms with Crippen molar-refractivity contribution in [3.05, 3.63) is 39.8 Å². The SMILES string of the molecule is CCOC(=O)Cc1c(C)nn(-c2ccc(Br)cn2)c1C. The van der Waals surface area contributed by atoms with Crippen molar-refractivity contribution in [2.24, 2.45) is 0 Å². The van der Waals surface area contributed by atoms with Crippen LogP contribution >= 0.6 is 15.9 Å². The summed E-state index contributed by atoms with van der Waals surface area (Å²) in [5.41, 5.74) is 2.62. The highest BCUT2D eigenvalue weighted by Crippen LogP contribution is 2.18. The van der Waals surface area contributed by atoms with Crippen molar-refractivity contribution in [2.75, 3.05) is 6.61 Å². The van der Waals surface area contributed by atoms with Gasteiger partial charge >= 0.3 is 5.97 Å². The Morgan fingerprint density at radius 3 is 2.75 bits per heavy atom. The molecule has 0 aliphatic carbocycles. The number of carbonyl (C=O) groups excluding carboxylic acids is 1. The Morgan fingerprint density at radius 2 is 2.15 bits per heavy atom. The average molecular weight is 338 g/mol. The average Bonchev–Trinajstić information content (AvgIpc) is 2.68. The molecule has 0 aromatic carbocycles. The van der Waals surface area contributed by atoms with E-state index in [1.165, 1.54) is 0 Å². The summed E-state index contributed by atoms with van der Waals surface area (Å²) in [6.45, 7) is 6.00. The zero-order valence-corrected chi connectivity index (χ0v) is 13.3. The fourth-order valence-electron chi connectivity index (χ4n) is 2.00. The maximum Gasteiger partial charge on any atom is 0.310 e. The third kappa shape index (κ3) is 3.07. The molecular formula is C14H16BrN3O2. The summed E-state index contributed by atoms with van der Waals surface area (Å²) in [6, 6.07) is 3.78. The van der Waals surface area contributed by atoms with Gasteiger partial charge in [-0.3, -0.25) is 4.79 Å². The molecule has 0 bridgehead atoms. The van der Waals surface area contributed by atoms with Crippen LogP contribution in [0.4, 0.5) is 0 Å². The van der Waals surface area contributed by atoms with Crippen LogP contribution < -0.4 is 0 Å². The first-order valence-corrected chi connectivity index (χ1v) is 7.15. The van der Waals surface area contributed by atoms with Gasteiger partial charge in [0.05, 0.1) is 18.7 Å². The van der Waals surface area contributed by atoms with Crippen LogP contribution in [-0.4, -0.2) is 27.3 Å². The highest BCUT2D eigenvalue weighted by molar-refractivity contribution is 9.10. The van der Waals surface area contributed by atoms with Crippen LogP contribution in [0.25, 0.3) is 5.82 Å². The lowest BCUT2D eigenvalue weighted by Crippen LogP contribution is -2.09. The molecule has 0 radical (unpaired) electrons. The molecule has 0 amide bonds. The number of nitrogens with zero attached hydrogens (tertiary/aromatic N) is 3. The van der Waals surface area contributed by atoms with Gasteiger partial charge < -0.3 is 4.74 Å². The summed E-state index contributed by atoms with van der Waals surface area (Å²) < 4.78 is 7.65. The van der Waals surface area contributed by atoms with Crippen molar-refractivity contribution in [1.29, 1.82) is 0 Å². The molecule has 0 atom stereocenters. The normalized spacial score (nSPS) is 10.6. The van der Waals surface area contributed by atoms with Gasteiger partial charge in [0.1, 0.15) is 0 Å². The molecule has 5 nitrogen and oxygen atoms in total. The molecule has 0 saturated heterocycles. The molecule has 0 saturated carbocycles. The fourth-order valence-corrected chi connectivity index (χ4v) is 2.24. The molecule has 0 fully saturated rings. The number of hydrogen-bond donors (Lipinski definition) is 0. The topological polar surface area (TPSA) is 57.0 Å². The Kier molecular flexibility index (Phi) is 4.54. The third-order valence-corrected chi connectivity index (χ3v) is 3.47. The highest BCUT2D eigenvalue weighted by Gasteiger charge is 2.16. The Hall–Kier alpha value is -1.69. The first kappa shape index (κ1) is 14.7. The molecule has 0 spiro atoms. The Labute approximate surface area is 126 Å². The van der Waals surface area contributed by atoms with Gasteiger partial charge in [0.25, 0.3) is 0 Å². The smallest absolute Gasteiger partial charge is 0.310 e. The second kappa shape index (κ2) is 6.17. The van der Waals surface area contributed by atoms with Crippen LogP contribution in [0.3, 0.4) is 0 Å². The maximum atomic E-state index is 11.6. The molecule has 2 aromatic heterocycles. The minimum Gasteiger partial charge on any atom is -0.466 e. The molecule has 2 rings (SSSR count). The van der Waals surface area contributed by atoms with E-state index in [0.717, 1.165) is 27.2 Å². The van der Waals surface area contributed by atoms with Gasteiger partial charge in [0, 0.05) is 21.9 Å². The first-order chi connectivity index (χ1) is 9.52. The van der Waals surface area contributed by atoms with E-state index in [4.69, 9.17) is 4.74 Å². The van der Waals surface area contributed by atoms with Gasteiger partial charge in [-0.2, -0.15) is 5.10 Å². The zero-order chi connectivity index (χ0) is 14.7. The largest absolute Gasteiger partial charge is 0.466 e. The second-order valence-electron chi connectivity index (χ2n) is 4.38. The van der Waals surface area contributed by atoms with E-state index in [2.05, 4.69) is 26.0 Å². The number of esters is 1. The number of aromatic nitrogens is 3. The van der Waals surface area contributed by atoms with E-state index in [-0.39, 0.29) is 12.4 Å². The van der Waals surface area contributed by atoms with Crippen LogP contribution in [0.1, 0.15) is 23.9 Å². The van der Waals surface area contributed by atoms with E-state index in [9.17, 15) is 4.79 Å². The van der Waals surface area contributed by atoms with E-state index in [0.29, 0.717) is 6.61 Å². The number of halogens is 1. The van der Waals surface area contributed by atoms with Crippen molar-refractivity contribution in [3.63, 3.8) is 0 Å². The second-order valence-corrected chi connectivity index (χ2v) is 5.29. The maximum absolute atomic E-state index is 11.6. The molecule has 6 heteroatoms. The van der Waals surface area contributed by atoms with Crippen molar-refractivity contribution < 1.29 is 9.53 Å². The Balaban J connectivity index is 2.33. The summed E-state index contributed by atoms with van der Waals surface area (Å²) in [7, 11) is 0. The van der Waals surface area contributed by atoms with E-state index in [1.807, 2.05) is 26.0 Å². The summed E-state index contributed by atoms with van der Waals surface area (Å²) in [5, 5.41) is 4.45. The number of rotatable bonds is 4. The molecular weight excluding hydrogens is 322 g/mol. The summed E-state index contributed by atoms with van der Waals surface area (Å²) >= 11 is 3.35. The van der Waals surface area contributed by atoms with Crippen molar-refractivity contribution in [1.82, 2.24) is 14.8 Å². The van der Waals surface area contributed by atoms with Gasteiger partial charge in [-0.15, -0.1) is 0 Å². The van der Waals surface area contributed by atoms with E-state index < -0.39 is 0 Å². The lowest BCUT2D eigenvalue weighted by atomic mass is 10.1. The molecule has 20 heavy (non-hydrogen) atoms. The highest BCUT2D eigenvalue weighted by atomic mass is 79.9. The lowest BCUT2D eigenvalue weighted by molar-refractivity contribution is -0.142. The monoisotopic (exact) mass is 337 g/mol. The van der Waals surface area contributed by atoms with Crippen molar-refractivity contribution in [3.8, 4) is 5.82 Å². The van der Waals surface area contributed by atoms with Gasteiger partial charge in [-0.1, -0.05) is 0 Å². The van der Waals surface area contributed by atoms with Crippen molar-refractivity contribution >= 4 is 21.9 Å². The number of carbonyl (C=O) groups is 1. The minimum absolute atomic E-state index is 0.234. The van der Waals surface area contributed by atoms with E-state index in [1.54, 1.807) is 17.8 Å². The number of pyridine rings is 1. The van der Waals surface area contributed by atoms with Crippen LogP contribution in [0.2, 0.25) is 0 Å². The van der Waals surface area contributed by atoms with Gasteiger partial charge in [-0.25, -0.2) is 9.67 Å². The van der Waals surface area contributed by atoms with Crippen LogP contribution in [-0.2, 0) is 16.0 Å². The number of aryl methyl sites for hydroxylation is 1. The lowest BCUT2D eigenvalue weighted by Gasteiger charge is -2.05. The van der Waals surface area contributed by atoms with E-state index >= 15 is 0 Å². The fraction of sp³-hybridized carbons (Fsp3) is 0.357. The summed E-state index contributed by atoms with van der Waals surface area (Å²) in [4.78, 5) is 15.9. The van der Waals surface area contributed by atoms with Crippen LogP contribution in [0.15, 0.2) is 22.8 Å². The van der Waals surface area contributed by atoms with Crippen LogP contribution in [0, 0.1) is 13.8 Å². The van der Waals surface area contributed by atoms with Crippen molar-refractivity contribution in [2.45, 2.75) is 27.2 Å². The summed E-state index contributed by atoms with van der Waals surface area (Å²) in [6.07, 6.45) is 1.96. The molecule has 0 N–H and O–H groups in total. The quantitative estimate of drug-likeness (QED) is 0.805. The van der Waals surface area contributed by atoms with Crippen LogP contribution in [0.5, 0.6) is 0 Å². The van der Waals surface area contributed by atoms with Gasteiger partial charge in [0.2, 0.25) is 0 Å². The number of hydrogen-bond acceptors (Lipinski definition) is 4. The van der Waals surface area contributed by atoms with Gasteiger partial charge in [0.15, 0.2) is 5.82 Å². The molecule has 0 unspecified atom stereocenters. The first-order valence-electron chi connectivity index (χ1n) is 6.35. The number of ether oxygens (including phenoxy) is 1. The summed E-state index contributed by atoms with van der Waals surface area (Å²) in [5.74, 6) is 0.492. The predicted molar refractivity (Wildman–Crippen MR) is 78.9 cm³/mol. The third-order valence-electron chi connectivity index (χ3n) is 3.00. The molecule has 106 valence electrons. The molecule has 0 aliphatic heterocycles. The van der Waals surface area contributed by atoms with Gasteiger partial charge in [-0.05, 0) is 48.8 Å². The molecule has 2 heterocycles. The predicted octanol–water partition coefficient (Wildman–Crippen LogP) is 2.75. The molecule has 0 aliphatic rings. The molecule has 2 aromatic rings. The minimum atomic E-state index is -0.234. The zero-order valence-electron chi connectivity index (χ0n) is 11.7. The Morgan fingerprint density at radius 1 is 1.40 bits per heavy atom. The Bertz CT molecular complexity index is 620.